The molecule has 6 rings (SSSR count). The van der Waals surface area contributed by atoms with E-state index in [2.05, 4.69) is 9.89 Å². The maximum Gasteiger partial charge on any atom is 0.343 e. The summed E-state index contributed by atoms with van der Waals surface area (Å²) < 4.78 is 60.4. The van der Waals surface area contributed by atoms with Gasteiger partial charge in [0.1, 0.15) is 22.8 Å². The lowest BCUT2D eigenvalue weighted by Crippen LogP contribution is -2.39. The van der Waals surface area contributed by atoms with Crippen LogP contribution in [-0.2, 0) is 16.1 Å². The molecule has 1 aromatic heterocycles. The first kappa shape index (κ1) is 25.5. The van der Waals surface area contributed by atoms with Gasteiger partial charge < -0.3 is 18.9 Å². The number of anilines is 1. The Labute approximate surface area is 226 Å². The fourth-order valence-corrected chi connectivity index (χ4v) is 6.30. The van der Waals surface area contributed by atoms with Gasteiger partial charge in [0.2, 0.25) is 0 Å². The molecule has 0 spiro atoms. The van der Waals surface area contributed by atoms with E-state index in [9.17, 15) is 18.0 Å². The van der Waals surface area contributed by atoms with Crippen molar-refractivity contribution in [2.24, 2.45) is 5.92 Å². The molecule has 6 nitrogen and oxygen atoms in total. The van der Waals surface area contributed by atoms with Gasteiger partial charge in [0, 0.05) is 41.6 Å². The van der Waals surface area contributed by atoms with Crippen molar-refractivity contribution in [2.45, 2.75) is 50.4 Å². The standard InChI is InChI=1S/C27H23Cl2F3N2O4/c1-36-27(35)22-18(30)9-19(23(31)24(22)32)34-10-13-7-14(34)8-20(13)37-11-15-25(33-38-26(15)12-5-6-12)21-16(28)3-2-4-17(21)29/h2-4,9,12-14,20H,5-8,10-11H2,1H3/t13-,14-,20+/m0/s1. The fraction of sp³-hybridized carbons (Fsp3) is 0.407. The normalized spacial score (nSPS) is 22.4. The van der Waals surface area contributed by atoms with Gasteiger partial charge in [0.05, 0.1) is 35.6 Å². The Kier molecular flexibility index (Phi) is 6.56. The van der Waals surface area contributed by atoms with Crippen molar-refractivity contribution in [3.8, 4) is 11.3 Å². The largest absolute Gasteiger partial charge is 0.465 e. The molecule has 2 aromatic carbocycles. The van der Waals surface area contributed by atoms with E-state index < -0.39 is 29.0 Å². The number of hydrogen-bond acceptors (Lipinski definition) is 6. The van der Waals surface area contributed by atoms with E-state index in [1.165, 1.54) is 0 Å². The molecular formula is C27H23Cl2F3N2O4. The summed E-state index contributed by atoms with van der Waals surface area (Å²) in [6, 6.07) is 5.94. The van der Waals surface area contributed by atoms with Crippen LogP contribution in [0.4, 0.5) is 18.9 Å². The van der Waals surface area contributed by atoms with E-state index in [1.54, 1.807) is 23.1 Å². The summed E-state index contributed by atoms with van der Waals surface area (Å²) in [5.74, 6) is -4.15. The summed E-state index contributed by atoms with van der Waals surface area (Å²) in [6.07, 6.45) is 3.12. The second-order valence-corrected chi connectivity index (χ2v) is 10.8. The number of hydrogen-bond donors (Lipinski definition) is 0. The van der Waals surface area contributed by atoms with Crippen molar-refractivity contribution < 1.29 is 32.0 Å². The van der Waals surface area contributed by atoms with Crippen molar-refractivity contribution in [3.05, 3.63) is 68.6 Å². The van der Waals surface area contributed by atoms with Crippen molar-refractivity contribution in [1.82, 2.24) is 5.16 Å². The minimum absolute atomic E-state index is 0.0300. The Morgan fingerprint density at radius 1 is 1.16 bits per heavy atom. The molecule has 3 atom stereocenters. The molecule has 2 heterocycles. The summed E-state index contributed by atoms with van der Waals surface area (Å²) in [5.41, 5.74) is 0.735. The van der Waals surface area contributed by atoms with E-state index in [0.29, 0.717) is 40.7 Å². The number of aromatic nitrogens is 1. The molecule has 2 bridgehead atoms. The topological polar surface area (TPSA) is 64.8 Å². The maximum absolute atomic E-state index is 14.9. The average Bonchev–Trinajstić information content (AvgIpc) is 3.35. The third kappa shape index (κ3) is 4.25. The van der Waals surface area contributed by atoms with Crippen molar-refractivity contribution >= 4 is 34.9 Å². The van der Waals surface area contributed by atoms with E-state index in [0.717, 1.165) is 37.3 Å². The Hall–Kier alpha value is -2.75. The van der Waals surface area contributed by atoms with Crippen LogP contribution in [0.15, 0.2) is 28.8 Å². The average molecular weight is 567 g/mol. The lowest BCUT2D eigenvalue weighted by atomic mass is 10.0. The lowest BCUT2D eigenvalue weighted by Gasteiger charge is -2.33. The molecule has 0 N–H and O–H groups in total. The lowest BCUT2D eigenvalue weighted by molar-refractivity contribution is 0.0122. The molecule has 0 radical (unpaired) electrons. The van der Waals surface area contributed by atoms with Gasteiger partial charge in [-0.3, -0.25) is 0 Å². The number of nitrogens with zero attached hydrogens (tertiary/aromatic N) is 2. The molecule has 0 unspecified atom stereocenters. The number of benzene rings is 2. The third-order valence-corrected chi connectivity index (χ3v) is 8.35. The first-order chi connectivity index (χ1) is 18.3. The van der Waals surface area contributed by atoms with E-state index in [4.69, 9.17) is 32.5 Å². The van der Waals surface area contributed by atoms with Gasteiger partial charge in [-0.05, 0) is 37.8 Å². The van der Waals surface area contributed by atoms with Crippen LogP contribution in [0.25, 0.3) is 11.3 Å². The molecule has 0 amide bonds. The fourth-order valence-electron chi connectivity index (χ4n) is 5.72. The number of esters is 1. The summed E-state index contributed by atoms with van der Waals surface area (Å²) in [6.45, 7) is 0.608. The number of fused-ring (bicyclic) bond motifs is 2. The smallest absolute Gasteiger partial charge is 0.343 e. The van der Waals surface area contributed by atoms with Crippen LogP contribution < -0.4 is 4.90 Å². The number of carbonyl (C=O) groups excluding carboxylic acids is 1. The summed E-state index contributed by atoms with van der Waals surface area (Å²) >= 11 is 12.9. The van der Waals surface area contributed by atoms with Gasteiger partial charge in [-0.25, -0.2) is 18.0 Å². The van der Waals surface area contributed by atoms with Gasteiger partial charge in [-0.1, -0.05) is 34.4 Å². The molecule has 11 heteroatoms. The highest BCUT2D eigenvalue weighted by molar-refractivity contribution is 6.39. The summed E-state index contributed by atoms with van der Waals surface area (Å²) in [4.78, 5) is 13.3. The van der Waals surface area contributed by atoms with Crippen LogP contribution in [0.5, 0.6) is 0 Å². The SMILES string of the molecule is COC(=O)c1c(F)cc(N2C[C@@H]3C[C@H]2C[C@H]3OCc2c(-c3c(Cl)cccc3Cl)noc2C2CC2)c(F)c1F. The van der Waals surface area contributed by atoms with Crippen LogP contribution in [-0.4, -0.2) is 36.9 Å². The number of ether oxygens (including phenoxy) is 2. The third-order valence-electron chi connectivity index (χ3n) is 7.72. The van der Waals surface area contributed by atoms with Crippen molar-refractivity contribution in [2.75, 3.05) is 18.6 Å². The van der Waals surface area contributed by atoms with E-state index in [-0.39, 0.29) is 36.3 Å². The molecule has 3 aromatic rings. The number of carbonyl (C=O) groups is 1. The molecule has 38 heavy (non-hydrogen) atoms. The van der Waals surface area contributed by atoms with Gasteiger partial charge in [0.15, 0.2) is 11.6 Å². The van der Waals surface area contributed by atoms with Crippen molar-refractivity contribution in [1.29, 1.82) is 0 Å². The quantitative estimate of drug-likeness (QED) is 0.228. The molecule has 2 aliphatic carbocycles. The van der Waals surface area contributed by atoms with Crippen LogP contribution in [0.1, 0.15) is 53.3 Å². The zero-order chi connectivity index (χ0) is 26.7. The highest BCUT2D eigenvalue weighted by atomic mass is 35.5. The zero-order valence-corrected chi connectivity index (χ0v) is 21.8. The minimum atomic E-state index is -1.55. The monoisotopic (exact) mass is 566 g/mol. The number of rotatable bonds is 7. The van der Waals surface area contributed by atoms with Gasteiger partial charge in [-0.15, -0.1) is 0 Å². The van der Waals surface area contributed by atoms with Crippen LogP contribution in [0.2, 0.25) is 10.0 Å². The maximum atomic E-state index is 14.9. The van der Waals surface area contributed by atoms with E-state index in [1.807, 2.05) is 0 Å². The van der Waals surface area contributed by atoms with Gasteiger partial charge in [0.25, 0.3) is 0 Å². The van der Waals surface area contributed by atoms with Crippen LogP contribution in [0, 0.1) is 23.4 Å². The highest BCUT2D eigenvalue weighted by Crippen LogP contribution is 2.48. The predicted octanol–water partition coefficient (Wildman–Crippen LogP) is 6.91. The first-order valence-corrected chi connectivity index (χ1v) is 13.1. The molecule has 2 saturated carbocycles. The molecule has 3 fully saturated rings. The Morgan fingerprint density at radius 2 is 1.89 bits per heavy atom. The Balaban J connectivity index is 1.20. The zero-order valence-electron chi connectivity index (χ0n) is 20.3. The predicted molar refractivity (Wildman–Crippen MR) is 134 cm³/mol. The number of halogens is 5. The second kappa shape index (κ2) is 9.77. The second-order valence-electron chi connectivity index (χ2n) is 10.0. The molecule has 3 aliphatic rings. The summed E-state index contributed by atoms with van der Waals surface area (Å²) in [7, 11) is 0.978. The minimum Gasteiger partial charge on any atom is -0.465 e. The van der Waals surface area contributed by atoms with Crippen LogP contribution in [0.3, 0.4) is 0 Å². The van der Waals surface area contributed by atoms with Gasteiger partial charge >= 0.3 is 5.97 Å². The highest BCUT2D eigenvalue weighted by Gasteiger charge is 2.47. The number of piperidine rings is 1. The van der Waals surface area contributed by atoms with E-state index >= 15 is 0 Å². The molecular weight excluding hydrogens is 544 g/mol. The molecule has 1 aliphatic heterocycles. The van der Waals surface area contributed by atoms with Gasteiger partial charge in [-0.2, -0.15) is 0 Å². The Morgan fingerprint density at radius 3 is 2.53 bits per heavy atom. The molecule has 200 valence electrons. The van der Waals surface area contributed by atoms with Crippen LogP contribution >= 0.6 is 23.2 Å². The molecule has 1 saturated heterocycles. The number of methoxy groups -OCH3 is 1. The Bertz CT molecular complexity index is 1410. The summed E-state index contributed by atoms with van der Waals surface area (Å²) in [5, 5.41) is 5.21. The first-order valence-electron chi connectivity index (χ1n) is 12.3. The van der Waals surface area contributed by atoms with Crippen molar-refractivity contribution in [3.63, 3.8) is 0 Å².